The predicted molar refractivity (Wildman–Crippen MR) is 124 cm³/mol. The second-order valence-corrected chi connectivity index (χ2v) is 7.00. The Balaban J connectivity index is 1.96. The van der Waals surface area contributed by atoms with Crippen molar-refractivity contribution >= 4 is 29.5 Å². The summed E-state index contributed by atoms with van der Waals surface area (Å²) in [5.74, 6) is -0.685. The Labute approximate surface area is 192 Å². The minimum absolute atomic E-state index is 0.00829. The number of para-hydroxylation sites is 1. The van der Waals surface area contributed by atoms with Gasteiger partial charge in [0.2, 0.25) is 0 Å². The lowest BCUT2D eigenvalue weighted by molar-refractivity contribution is -0.145. The molecule has 0 atom stereocenters. The highest BCUT2D eigenvalue weighted by Gasteiger charge is 2.34. The number of hydrazine groups is 1. The van der Waals surface area contributed by atoms with Gasteiger partial charge in [-0.25, -0.2) is 9.80 Å². The fourth-order valence-corrected chi connectivity index (χ4v) is 3.32. The summed E-state index contributed by atoms with van der Waals surface area (Å²) < 4.78 is 16.4. The normalized spacial score (nSPS) is 14.2. The van der Waals surface area contributed by atoms with Gasteiger partial charge in [0.15, 0.2) is 18.1 Å². The monoisotopic (exact) mass is 450 g/mol. The first-order chi connectivity index (χ1) is 16.0. The highest BCUT2D eigenvalue weighted by molar-refractivity contribution is 6.31. The van der Waals surface area contributed by atoms with Gasteiger partial charge in [-0.05, 0) is 56.2 Å². The standard InChI is InChI=1S/C25H26N2O6/c1-4-10-18-13-17(15-21(31-5-2)23(18)33-16-22(28)32-6-3)14-20-24(29)26-27(25(20)30)19-11-8-7-9-12-19/h4,7-9,11-15H,1,5-6,10,16H2,2-3H3,(H,26,29)/b20-14-. The molecule has 1 saturated heterocycles. The fraction of sp³-hybridized carbons (Fsp3) is 0.240. The third kappa shape index (κ3) is 5.60. The second kappa shape index (κ2) is 11.0. The molecule has 172 valence electrons. The zero-order chi connectivity index (χ0) is 23.8. The summed E-state index contributed by atoms with van der Waals surface area (Å²) in [6.07, 6.45) is 3.61. The van der Waals surface area contributed by atoms with Gasteiger partial charge in [-0.15, -0.1) is 6.58 Å². The Bertz CT molecular complexity index is 1080. The zero-order valence-corrected chi connectivity index (χ0v) is 18.6. The Kier molecular flexibility index (Phi) is 7.86. The molecule has 1 N–H and O–H groups in total. The van der Waals surface area contributed by atoms with E-state index in [1.165, 1.54) is 11.1 Å². The number of carbonyl (C=O) groups is 3. The second-order valence-electron chi connectivity index (χ2n) is 7.00. The zero-order valence-electron chi connectivity index (χ0n) is 18.6. The van der Waals surface area contributed by atoms with Crippen LogP contribution < -0.4 is 19.9 Å². The molecule has 0 radical (unpaired) electrons. The van der Waals surface area contributed by atoms with Crippen LogP contribution in [0.2, 0.25) is 0 Å². The molecular weight excluding hydrogens is 424 g/mol. The molecule has 0 spiro atoms. The smallest absolute Gasteiger partial charge is 0.344 e. The number of ether oxygens (including phenoxy) is 3. The molecule has 2 aromatic carbocycles. The molecule has 2 amide bonds. The van der Waals surface area contributed by atoms with E-state index in [2.05, 4.69) is 12.0 Å². The van der Waals surface area contributed by atoms with E-state index in [1.54, 1.807) is 49.4 Å². The third-order valence-electron chi connectivity index (χ3n) is 4.67. The van der Waals surface area contributed by atoms with Crippen LogP contribution >= 0.6 is 0 Å². The van der Waals surface area contributed by atoms with Gasteiger partial charge in [0.05, 0.1) is 18.9 Å². The van der Waals surface area contributed by atoms with Crippen molar-refractivity contribution in [1.82, 2.24) is 5.43 Å². The van der Waals surface area contributed by atoms with Gasteiger partial charge in [-0.2, -0.15) is 0 Å². The van der Waals surface area contributed by atoms with Crippen LogP contribution in [0.15, 0.2) is 60.7 Å². The molecular formula is C25H26N2O6. The number of hydrogen-bond acceptors (Lipinski definition) is 6. The number of nitrogens with one attached hydrogen (secondary N) is 1. The summed E-state index contributed by atoms with van der Waals surface area (Å²) in [6.45, 7) is 7.64. The van der Waals surface area contributed by atoms with Crippen molar-refractivity contribution in [1.29, 1.82) is 0 Å². The average molecular weight is 450 g/mol. The van der Waals surface area contributed by atoms with Crippen LogP contribution in [0.25, 0.3) is 6.08 Å². The van der Waals surface area contributed by atoms with Crippen molar-refractivity contribution in [3.63, 3.8) is 0 Å². The molecule has 2 aromatic rings. The molecule has 1 fully saturated rings. The molecule has 8 nitrogen and oxygen atoms in total. The first-order valence-electron chi connectivity index (χ1n) is 10.6. The van der Waals surface area contributed by atoms with Crippen molar-refractivity contribution in [3.8, 4) is 11.5 Å². The van der Waals surface area contributed by atoms with Gasteiger partial charge in [-0.1, -0.05) is 24.3 Å². The number of allylic oxidation sites excluding steroid dienone is 1. The van der Waals surface area contributed by atoms with Crippen LogP contribution in [-0.2, 0) is 25.5 Å². The van der Waals surface area contributed by atoms with E-state index in [4.69, 9.17) is 14.2 Å². The molecule has 8 heteroatoms. The summed E-state index contributed by atoms with van der Waals surface area (Å²) in [6, 6.07) is 12.3. The van der Waals surface area contributed by atoms with E-state index < -0.39 is 17.8 Å². The highest BCUT2D eigenvalue weighted by Crippen LogP contribution is 2.35. The van der Waals surface area contributed by atoms with Crippen molar-refractivity contribution < 1.29 is 28.6 Å². The summed E-state index contributed by atoms with van der Waals surface area (Å²) >= 11 is 0. The van der Waals surface area contributed by atoms with E-state index in [0.717, 1.165) is 0 Å². The van der Waals surface area contributed by atoms with Gasteiger partial charge < -0.3 is 14.2 Å². The topological polar surface area (TPSA) is 94.2 Å². The van der Waals surface area contributed by atoms with Crippen molar-refractivity contribution in [2.45, 2.75) is 20.3 Å². The van der Waals surface area contributed by atoms with E-state index in [-0.39, 0.29) is 18.8 Å². The quantitative estimate of drug-likeness (QED) is 0.259. The maximum absolute atomic E-state index is 12.9. The number of anilines is 1. The van der Waals surface area contributed by atoms with Gasteiger partial charge in [0, 0.05) is 5.56 Å². The van der Waals surface area contributed by atoms with Crippen LogP contribution in [0.3, 0.4) is 0 Å². The summed E-state index contributed by atoms with van der Waals surface area (Å²) in [5, 5.41) is 1.21. The minimum Gasteiger partial charge on any atom is -0.490 e. The molecule has 0 bridgehead atoms. The number of carbonyl (C=O) groups excluding carboxylic acids is 3. The van der Waals surface area contributed by atoms with Crippen LogP contribution in [0, 0.1) is 0 Å². The van der Waals surface area contributed by atoms with Crippen molar-refractivity contribution in [2.75, 3.05) is 24.8 Å². The number of amides is 2. The van der Waals surface area contributed by atoms with Gasteiger partial charge in [0.25, 0.3) is 11.8 Å². The Morgan fingerprint density at radius 3 is 2.52 bits per heavy atom. The lowest BCUT2D eigenvalue weighted by Crippen LogP contribution is -2.35. The number of nitrogens with zero attached hydrogens (tertiary/aromatic N) is 1. The van der Waals surface area contributed by atoms with Crippen LogP contribution in [-0.4, -0.2) is 37.6 Å². The summed E-state index contributed by atoms with van der Waals surface area (Å²) in [7, 11) is 0. The number of rotatable bonds is 10. The number of hydrogen-bond donors (Lipinski definition) is 1. The number of benzene rings is 2. The maximum Gasteiger partial charge on any atom is 0.344 e. The van der Waals surface area contributed by atoms with Crippen LogP contribution in [0.4, 0.5) is 5.69 Å². The van der Waals surface area contributed by atoms with E-state index >= 15 is 0 Å². The predicted octanol–water partition coefficient (Wildman–Crippen LogP) is 3.22. The van der Waals surface area contributed by atoms with Gasteiger partial charge in [0.1, 0.15) is 5.57 Å². The number of esters is 1. The molecule has 3 rings (SSSR count). The molecule has 0 saturated carbocycles. The first-order valence-corrected chi connectivity index (χ1v) is 10.6. The van der Waals surface area contributed by atoms with E-state index in [1.807, 2.05) is 13.0 Å². The van der Waals surface area contributed by atoms with Crippen molar-refractivity contribution in [3.05, 3.63) is 71.8 Å². The molecule has 1 heterocycles. The lowest BCUT2D eigenvalue weighted by Gasteiger charge is -2.16. The first kappa shape index (κ1) is 23.6. The highest BCUT2D eigenvalue weighted by atomic mass is 16.6. The van der Waals surface area contributed by atoms with Crippen LogP contribution in [0.5, 0.6) is 11.5 Å². The molecule has 0 aromatic heterocycles. The van der Waals surface area contributed by atoms with E-state index in [9.17, 15) is 14.4 Å². The maximum atomic E-state index is 12.9. The fourth-order valence-electron chi connectivity index (χ4n) is 3.32. The van der Waals surface area contributed by atoms with Crippen molar-refractivity contribution in [2.24, 2.45) is 0 Å². The Morgan fingerprint density at radius 1 is 1.09 bits per heavy atom. The minimum atomic E-state index is -0.505. The van der Waals surface area contributed by atoms with Gasteiger partial charge in [-0.3, -0.25) is 15.0 Å². The Morgan fingerprint density at radius 2 is 1.85 bits per heavy atom. The molecule has 0 aliphatic carbocycles. The molecule has 33 heavy (non-hydrogen) atoms. The molecule has 1 aliphatic heterocycles. The van der Waals surface area contributed by atoms with E-state index in [0.29, 0.717) is 41.3 Å². The van der Waals surface area contributed by atoms with Crippen LogP contribution in [0.1, 0.15) is 25.0 Å². The summed E-state index contributed by atoms with van der Waals surface area (Å²) in [5.41, 5.74) is 4.40. The molecule has 0 unspecified atom stereocenters. The Hall–Kier alpha value is -4.07. The SMILES string of the molecule is C=CCc1cc(/C=C2/C(=O)NN(c3ccccc3)C2=O)cc(OCC)c1OCC(=O)OCC. The summed E-state index contributed by atoms with van der Waals surface area (Å²) in [4.78, 5) is 37.2. The lowest BCUT2D eigenvalue weighted by atomic mass is 10.0. The average Bonchev–Trinajstić information content (AvgIpc) is 3.08. The molecule has 1 aliphatic rings. The third-order valence-corrected chi connectivity index (χ3v) is 4.67. The van der Waals surface area contributed by atoms with Gasteiger partial charge >= 0.3 is 5.97 Å². The largest absolute Gasteiger partial charge is 0.490 e.